The molecule has 1 aliphatic carbocycles. The van der Waals surface area contributed by atoms with Gasteiger partial charge < -0.3 is 15.2 Å². The van der Waals surface area contributed by atoms with Crippen LogP contribution in [0.4, 0.5) is 0 Å². The molecule has 2 N–H and O–H groups in total. The van der Waals surface area contributed by atoms with Crippen molar-refractivity contribution in [2.45, 2.75) is 69.6 Å². The monoisotopic (exact) mass is 296 g/mol. The summed E-state index contributed by atoms with van der Waals surface area (Å²) in [5.74, 6) is 0.692. The van der Waals surface area contributed by atoms with E-state index in [1.54, 1.807) is 0 Å². The summed E-state index contributed by atoms with van der Waals surface area (Å²) in [5, 5.41) is 0. The van der Waals surface area contributed by atoms with Crippen molar-refractivity contribution in [3.63, 3.8) is 0 Å². The maximum Gasteiger partial charge on any atom is 0.0951 e. The molecule has 21 heavy (non-hydrogen) atoms. The lowest BCUT2D eigenvalue weighted by Gasteiger charge is -2.48. The highest BCUT2D eigenvalue weighted by molar-refractivity contribution is 4.96. The normalized spacial score (nSPS) is 41.0. The number of nitrogens with zero attached hydrogens (tertiary/aromatic N) is 1. The van der Waals surface area contributed by atoms with Crippen LogP contribution < -0.4 is 5.73 Å². The van der Waals surface area contributed by atoms with Crippen molar-refractivity contribution in [2.75, 3.05) is 32.9 Å². The lowest BCUT2D eigenvalue weighted by molar-refractivity contribution is -0.114. The maximum atomic E-state index is 6.12. The number of nitrogens with two attached hydrogens (primary N) is 1. The Labute approximate surface area is 129 Å². The fourth-order valence-electron chi connectivity index (χ4n) is 4.81. The van der Waals surface area contributed by atoms with Gasteiger partial charge in [0.05, 0.1) is 12.2 Å². The molecule has 0 aromatic carbocycles. The molecular formula is C17H32N2O2. The third-order valence-corrected chi connectivity index (χ3v) is 5.97. The van der Waals surface area contributed by atoms with Gasteiger partial charge >= 0.3 is 0 Å². The number of rotatable bonds is 4. The number of hydrogen-bond acceptors (Lipinski definition) is 4. The highest BCUT2D eigenvalue weighted by Gasteiger charge is 2.44. The Balaban J connectivity index is 1.69. The van der Waals surface area contributed by atoms with Crippen LogP contribution in [-0.4, -0.2) is 55.5 Å². The smallest absolute Gasteiger partial charge is 0.0951 e. The Morgan fingerprint density at radius 2 is 2.05 bits per heavy atom. The van der Waals surface area contributed by atoms with Crippen molar-refractivity contribution >= 4 is 0 Å². The lowest BCUT2D eigenvalue weighted by atomic mass is 9.81. The van der Waals surface area contributed by atoms with E-state index in [4.69, 9.17) is 15.2 Å². The van der Waals surface area contributed by atoms with Gasteiger partial charge in [0.1, 0.15) is 0 Å². The van der Waals surface area contributed by atoms with Crippen LogP contribution in [-0.2, 0) is 9.47 Å². The fourth-order valence-corrected chi connectivity index (χ4v) is 4.81. The van der Waals surface area contributed by atoms with Crippen LogP contribution in [0.25, 0.3) is 0 Å². The molecule has 3 aliphatic rings. The van der Waals surface area contributed by atoms with Crippen molar-refractivity contribution in [3.8, 4) is 0 Å². The van der Waals surface area contributed by atoms with Crippen LogP contribution in [0.1, 0.15) is 51.9 Å². The van der Waals surface area contributed by atoms with Gasteiger partial charge in [0.2, 0.25) is 0 Å². The Hall–Kier alpha value is -0.160. The first-order valence-corrected chi connectivity index (χ1v) is 8.95. The molecule has 3 rings (SSSR count). The maximum absolute atomic E-state index is 6.12. The van der Waals surface area contributed by atoms with E-state index in [0.29, 0.717) is 18.0 Å². The lowest BCUT2D eigenvalue weighted by Crippen LogP contribution is -2.55. The summed E-state index contributed by atoms with van der Waals surface area (Å²) in [6, 6.07) is 1.35. The zero-order valence-corrected chi connectivity index (χ0v) is 13.6. The molecule has 4 unspecified atom stereocenters. The van der Waals surface area contributed by atoms with Crippen molar-refractivity contribution < 1.29 is 9.47 Å². The Morgan fingerprint density at radius 1 is 1.19 bits per heavy atom. The van der Waals surface area contributed by atoms with Crippen LogP contribution >= 0.6 is 0 Å². The number of hydrogen-bond donors (Lipinski definition) is 1. The van der Waals surface area contributed by atoms with Gasteiger partial charge in [0, 0.05) is 31.7 Å². The molecule has 4 nitrogen and oxygen atoms in total. The van der Waals surface area contributed by atoms with Gasteiger partial charge in [-0.3, -0.25) is 4.90 Å². The zero-order chi connectivity index (χ0) is 14.7. The molecule has 0 bridgehead atoms. The molecule has 4 heteroatoms. The van der Waals surface area contributed by atoms with Gasteiger partial charge in [0.25, 0.3) is 0 Å². The first-order valence-electron chi connectivity index (χ1n) is 8.95. The van der Waals surface area contributed by atoms with Crippen LogP contribution in [0.2, 0.25) is 0 Å². The average molecular weight is 296 g/mol. The molecule has 1 saturated carbocycles. The summed E-state index contributed by atoms with van der Waals surface area (Å²) < 4.78 is 11.7. The highest BCUT2D eigenvalue weighted by atomic mass is 16.6. The summed E-state index contributed by atoms with van der Waals surface area (Å²) >= 11 is 0. The van der Waals surface area contributed by atoms with E-state index in [9.17, 15) is 0 Å². The molecule has 2 aliphatic heterocycles. The SMILES string of the molecule is CCN(C1CCOC2(CCOC2)C1)C1CCCCC1CN. The fraction of sp³-hybridized carbons (Fsp3) is 1.00. The molecular weight excluding hydrogens is 264 g/mol. The minimum atomic E-state index is 0.0171. The Kier molecular flexibility index (Phi) is 5.20. The van der Waals surface area contributed by atoms with Gasteiger partial charge in [-0.15, -0.1) is 0 Å². The van der Waals surface area contributed by atoms with Gasteiger partial charge in [0.15, 0.2) is 0 Å². The second-order valence-electron chi connectivity index (χ2n) is 7.16. The molecule has 0 aromatic heterocycles. The number of ether oxygens (including phenoxy) is 2. The first-order chi connectivity index (χ1) is 10.3. The van der Waals surface area contributed by atoms with Gasteiger partial charge in [-0.05, 0) is 44.7 Å². The van der Waals surface area contributed by atoms with Gasteiger partial charge in [-0.1, -0.05) is 19.8 Å². The average Bonchev–Trinajstić information content (AvgIpc) is 2.96. The van der Waals surface area contributed by atoms with Gasteiger partial charge in [-0.25, -0.2) is 0 Å². The van der Waals surface area contributed by atoms with Crippen molar-refractivity contribution in [1.29, 1.82) is 0 Å². The summed E-state index contributed by atoms with van der Waals surface area (Å²) in [5.41, 5.74) is 6.08. The molecule has 0 aromatic rings. The standard InChI is InChI=1S/C17H32N2O2/c1-2-19(16-6-4-3-5-14(16)12-18)15-7-9-21-17(11-15)8-10-20-13-17/h14-16H,2-13,18H2,1H3. The third-order valence-electron chi connectivity index (χ3n) is 5.97. The molecule has 122 valence electrons. The molecule has 0 radical (unpaired) electrons. The minimum Gasteiger partial charge on any atom is -0.378 e. The first kappa shape index (κ1) is 15.7. The summed E-state index contributed by atoms with van der Waals surface area (Å²) in [6.45, 7) is 6.86. The Morgan fingerprint density at radius 3 is 2.76 bits per heavy atom. The summed E-state index contributed by atoms with van der Waals surface area (Å²) in [4.78, 5) is 2.76. The van der Waals surface area contributed by atoms with E-state index in [2.05, 4.69) is 11.8 Å². The quantitative estimate of drug-likeness (QED) is 0.863. The molecule has 2 heterocycles. The van der Waals surface area contributed by atoms with E-state index in [0.717, 1.165) is 45.8 Å². The predicted molar refractivity (Wildman–Crippen MR) is 84.3 cm³/mol. The van der Waals surface area contributed by atoms with E-state index in [-0.39, 0.29) is 5.60 Å². The van der Waals surface area contributed by atoms with E-state index in [1.165, 1.54) is 32.1 Å². The molecule has 3 fully saturated rings. The van der Waals surface area contributed by atoms with Crippen LogP contribution in [0, 0.1) is 5.92 Å². The van der Waals surface area contributed by atoms with Crippen molar-refractivity contribution in [1.82, 2.24) is 4.90 Å². The summed E-state index contributed by atoms with van der Waals surface area (Å²) in [7, 11) is 0. The largest absolute Gasteiger partial charge is 0.378 e. The second-order valence-corrected chi connectivity index (χ2v) is 7.16. The van der Waals surface area contributed by atoms with Crippen LogP contribution in [0.15, 0.2) is 0 Å². The third kappa shape index (κ3) is 3.29. The zero-order valence-electron chi connectivity index (χ0n) is 13.6. The van der Waals surface area contributed by atoms with Crippen LogP contribution in [0.5, 0.6) is 0 Å². The van der Waals surface area contributed by atoms with Crippen molar-refractivity contribution in [2.24, 2.45) is 11.7 Å². The molecule has 0 amide bonds. The second kappa shape index (κ2) is 6.95. The van der Waals surface area contributed by atoms with Gasteiger partial charge in [-0.2, -0.15) is 0 Å². The Bertz CT molecular complexity index is 331. The van der Waals surface area contributed by atoms with Crippen LogP contribution in [0.3, 0.4) is 0 Å². The predicted octanol–water partition coefficient (Wildman–Crippen LogP) is 2.16. The summed E-state index contributed by atoms with van der Waals surface area (Å²) in [6.07, 6.45) is 8.77. The molecule has 4 atom stereocenters. The van der Waals surface area contributed by atoms with Crippen molar-refractivity contribution in [3.05, 3.63) is 0 Å². The highest BCUT2D eigenvalue weighted by Crippen LogP contribution is 2.37. The van der Waals surface area contributed by atoms with E-state index >= 15 is 0 Å². The molecule has 2 saturated heterocycles. The minimum absolute atomic E-state index is 0.0171. The van der Waals surface area contributed by atoms with E-state index < -0.39 is 0 Å². The van der Waals surface area contributed by atoms with E-state index in [1.807, 2.05) is 0 Å². The topological polar surface area (TPSA) is 47.7 Å². The molecule has 1 spiro atoms.